The van der Waals surface area contributed by atoms with Crippen LogP contribution in [0.3, 0.4) is 0 Å². The van der Waals surface area contributed by atoms with Crippen LogP contribution in [0.25, 0.3) is 16.2 Å². The molecule has 1 fully saturated rings. The van der Waals surface area contributed by atoms with E-state index < -0.39 is 0 Å². The minimum atomic E-state index is -0.228. The number of nitrogens with one attached hydrogen (secondary N) is 2. The maximum atomic E-state index is 13.5. The van der Waals surface area contributed by atoms with Gasteiger partial charge in [-0.3, -0.25) is 9.20 Å². The summed E-state index contributed by atoms with van der Waals surface area (Å²) in [5.41, 5.74) is 3.41. The molecule has 2 N–H and O–H groups in total. The minimum Gasteiger partial charge on any atom is -0.381 e. The Bertz CT molecular complexity index is 1290. The minimum absolute atomic E-state index is 0.142. The molecule has 0 unspecified atom stereocenters. The van der Waals surface area contributed by atoms with Crippen LogP contribution in [0.4, 0.5) is 5.69 Å². The Morgan fingerprint density at radius 3 is 2.83 bits per heavy atom. The average Bonchev–Trinajstić information content (AvgIpc) is 3.64. The number of pyridine rings is 1. The van der Waals surface area contributed by atoms with Crippen molar-refractivity contribution in [2.45, 2.75) is 51.7 Å². The van der Waals surface area contributed by atoms with Crippen LogP contribution in [0.1, 0.15) is 59.7 Å². The summed E-state index contributed by atoms with van der Waals surface area (Å²) in [4.78, 5) is 26.0. The van der Waals surface area contributed by atoms with E-state index in [0.717, 1.165) is 60.7 Å². The van der Waals surface area contributed by atoms with Crippen LogP contribution in [0.5, 0.6) is 0 Å². The van der Waals surface area contributed by atoms with Crippen molar-refractivity contribution in [1.29, 1.82) is 0 Å². The highest BCUT2D eigenvalue weighted by Crippen LogP contribution is 2.33. The number of piperidine rings is 1. The molecule has 0 saturated carbocycles. The molecule has 1 amide bonds. The number of methoxy groups -OCH3 is 1. The average molecular weight is 494 g/mol. The molecule has 1 aliphatic heterocycles. The molecule has 35 heavy (non-hydrogen) atoms. The number of rotatable bonds is 8. The highest BCUT2D eigenvalue weighted by atomic mass is 32.1. The smallest absolute Gasteiger partial charge is 0.253 e. The van der Waals surface area contributed by atoms with Gasteiger partial charge in [-0.15, -0.1) is 21.5 Å². The molecule has 10 heteroatoms. The summed E-state index contributed by atoms with van der Waals surface area (Å²) in [6.45, 7) is 5.90. The Morgan fingerprint density at radius 2 is 2.17 bits per heavy atom. The lowest BCUT2D eigenvalue weighted by atomic mass is 10.1. The summed E-state index contributed by atoms with van der Waals surface area (Å²) in [7, 11) is 1.77. The fourth-order valence-corrected chi connectivity index (χ4v) is 5.58. The number of aryl methyl sites for hydroxylation is 1. The molecular weight excluding hydrogens is 462 g/mol. The van der Waals surface area contributed by atoms with Crippen LogP contribution in [0.2, 0.25) is 0 Å². The molecule has 0 aliphatic carbocycles. The predicted molar refractivity (Wildman–Crippen MR) is 137 cm³/mol. The number of aromatic nitrogens is 5. The molecule has 9 nitrogen and oxygen atoms in total. The third kappa shape index (κ3) is 4.81. The number of carbonyl (C=O) groups excluding carboxylic acids is 1. The molecular formula is C25H31N7O2S. The Kier molecular flexibility index (Phi) is 6.83. The zero-order chi connectivity index (χ0) is 24.4. The van der Waals surface area contributed by atoms with Crippen molar-refractivity contribution in [1.82, 2.24) is 29.9 Å². The number of hydrogen-bond donors (Lipinski definition) is 2. The number of H-pyrrole nitrogens is 1. The second kappa shape index (κ2) is 10.2. The van der Waals surface area contributed by atoms with Gasteiger partial charge in [-0.05, 0) is 44.4 Å². The first-order valence-corrected chi connectivity index (χ1v) is 12.9. The monoisotopic (exact) mass is 493 g/mol. The Morgan fingerprint density at radius 1 is 1.34 bits per heavy atom. The van der Waals surface area contributed by atoms with E-state index in [1.54, 1.807) is 24.8 Å². The lowest BCUT2D eigenvalue weighted by Gasteiger charge is -2.33. The van der Waals surface area contributed by atoms with Crippen LogP contribution in [-0.2, 0) is 4.74 Å². The van der Waals surface area contributed by atoms with Gasteiger partial charge in [0.2, 0.25) is 0 Å². The normalized spacial score (nSPS) is 15.6. The highest BCUT2D eigenvalue weighted by molar-refractivity contribution is 7.15. The predicted octanol–water partition coefficient (Wildman–Crippen LogP) is 4.38. The number of amides is 1. The Balaban J connectivity index is 1.54. The topological polar surface area (TPSA) is 100 Å². The van der Waals surface area contributed by atoms with E-state index in [2.05, 4.69) is 55.8 Å². The van der Waals surface area contributed by atoms with Crippen molar-refractivity contribution in [3.8, 4) is 10.6 Å². The zero-order valence-corrected chi connectivity index (χ0v) is 21.1. The van der Waals surface area contributed by atoms with Gasteiger partial charge in [0.25, 0.3) is 5.91 Å². The van der Waals surface area contributed by atoms with Crippen LogP contribution >= 0.6 is 11.3 Å². The van der Waals surface area contributed by atoms with Crippen molar-refractivity contribution in [3.63, 3.8) is 0 Å². The summed E-state index contributed by atoms with van der Waals surface area (Å²) >= 11 is 1.72. The molecule has 0 bridgehead atoms. The molecule has 1 atom stereocenters. The number of hydrogen-bond acceptors (Lipinski definition) is 7. The van der Waals surface area contributed by atoms with Crippen LogP contribution in [-0.4, -0.2) is 56.8 Å². The van der Waals surface area contributed by atoms with Crippen molar-refractivity contribution >= 4 is 28.6 Å². The second-order valence-corrected chi connectivity index (χ2v) is 10.3. The third-order valence-corrected chi connectivity index (χ3v) is 7.63. The number of imidazole rings is 1. The number of fused-ring (bicyclic) bond motifs is 1. The molecule has 5 heterocycles. The van der Waals surface area contributed by atoms with Crippen LogP contribution in [0.15, 0.2) is 36.9 Å². The Hall–Kier alpha value is -3.24. The maximum absolute atomic E-state index is 13.5. The second-order valence-electron chi connectivity index (χ2n) is 8.97. The SMILES string of the molecule is CCC[C@H](NC(=O)c1cc(N2CCC(OC)CC2)c2ncc(-c3ccc(C)s3)n2c1)c1nnc[nH]1. The first kappa shape index (κ1) is 23.5. The van der Waals surface area contributed by atoms with E-state index in [4.69, 9.17) is 9.72 Å². The molecule has 0 radical (unpaired) electrons. The quantitative estimate of drug-likeness (QED) is 0.378. The van der Waals surface area contributed by atoms with Gasteiger partial charge in [0.05, 0.1) is 40.2 Å². The van der Waals surface area contributed by atoms with E-state index in [-0.39, 0.29) is 18.1 Å². The fourth-order valence-electron chi connectivity index (χ4n) is 4.71. The third-order valence-electron chi connectivity index (χ3n) is 6.61. The first-order valence-electron chi connectivity index (χ1n) is 12.1. The molecule has 4 aromatic heterocycles. The molecule has 1 aliphatic rings. The van der Waals surface area contributed by atoms with Crippen molar-refractivity contribution < 1.29 is 9.53 Å². The lowest BCUT2D eigenvalue weighted by Crippen LogP contribution is -2.37. The number of aromatic amines is 1. The first-order chi connectivity index (χ1) is 17.1. The standard InChI is InChI=1S/C25H31N7O2S/c1-4-5-19(23-27-15-28-30-23)29-25(33)17-12-20(31-10-8-18(34-3)9-11-31)24-26-13-21(32(24)14-17)22-7-6-16(2)35-22/h6-7,12-15,18-19H,4-5,8-11H2,1-3H3,(H,29,33)(H,27,28,30)/t19-/m0/s1. The zero-order valence-electron chi connectivity index (χ0n) is 20.3. The van der Waals surface area contributed by atoms with Gasteiger partial charge in [0, 0.05) is 31.3 Å². The molecule has 1 saturated heterocycles. The Labute approximate surface area is 208 Å². The van der Waals surface area contributed by atoms with Crippen LogP contribution in [0, 0.1) is 6.92 Å². The number of ether oxygens (including phenoxy) is 1. The summed E-state index contributed by atoms with van der Waals surface area (Å²) in [5.74, 6) is 0.525. The summed E-state index contributed by atoms with van der Waals surface area (Å²) in [6, 6.07) is 5.96. The van der Waals surface area contributed by atoms with Gasteiger partial charge in [-0.2, -0.15) is 0 Å². The van der Waals surface area contributed by atoms with E-state index in [1.807, 2.05) is 18.5 Å². The number of nitrogens with zero attached hydrogens (tertiary/aromatic N) is 5. The van der Waals surface area contributed by atoms with Gasteiger partial charge in [-0.25, -0.2) is 4.98 Å². The summed E-state index contributed by atoms with van der Waals surface area (Å²) in [5, 5.41) is 11.2. The van der Waals surface area contributed by atoms with E-state index in [0.29, 0.717) is 11.4 Å². The van der Waals surface area contributed by atoms with Gasteiger partial charge in [-0.1, -0.05) is 13.3 Å². The summed E-state index contributed by atoms with van der Waals surface area (Å²) < 4.78 is 7.62. The van der Waals surface area contributed by atoms with Gasteiger partial charge in [0.1, 0.15) is 6.33 Å². The highest BCUT2D eigenvalue weighted by Gasteiger charge is 2.25. The number of carbonyl (C=O) groups is 1. The van der Waals surface area contributed by atoms with Gasteiger partial charge in [0.15, 0.2) is 11.5 Å². The summed E-state index contributed by atoms with van der Waals surface area (Å²) in [6.07, 6.45) is 9.19. The number of anilines is 1. The van der Waals surface area contributed by atoms with Crippen molar-refractivity contribution in [2.75, 3.05) is 25.1 Å². The van der Waals surface area contributed by atoms with Crippen LogP contribution < -0.4 is 10.2 Å². The lowest BCUT2D eigenvalue weighted by molar-refractivity contribution is 0.0819. The van der Waals surface area contributed by atoms with E-state index in [9.17, 15) is 4.79 Å². The molecule has 0 spiro atoms. The van der Waals surface area contributed by atoms with Gasteiger partial charge >= 0.3 is 0 Å². The van der Waals surface area contributed by atoms with Gasteiger partial charge < -0.3 is 19.9 Å². The molecule has 5 rings (SSSR count). The molecule has 184 valence electrons. The van der Waals surface area contributed by atoms with E-state index >= 15 is 0 Å². The van der Waals surface area contributed by atoms with E-state index in [1.165, 1.54) is 4.88 Å². The molecule has 4 aromatic rings. The maximum Gasteiger partial charge on any atom is 0.253 e. The largest absolute Gasteiger partial charge is 0.381 e. The van der Waals surface area contributed by atoms with Crippen molar-refractivity contribution in [3.05, 3.63) is 53.2 Å². The number of thiophene rings is 1. The molecule has 0 aromatic carbocycles. The fraction of sp³-hybridized carbons (Fsp3) is 0.440. The van der Waals surface area contributed by atoms with Crippen molar-refractivity contribution in [2.24, 2.45) is 0 Å².